The van der Waals surface area contributed by atoms with Gasteiger partial charge in [-0.1, -0.05) is 12.1 Å². The van der Waals surface area contributed by atoms with Crippen molar-refractivity contribution in [3.05, 3.63) is 76.3 Å². The van der Waals surface area contributed by atoms with Gasteiger partial charge in [0, 0.05) is 43.1 Å². The Morgan fingerprint density at radius 3 is 2.81 bits per heavy atom. The number of likely N-dealkylation sites (tertiary alicyclic amines) is 1. The fourth-order valence-electron chi connectivity index (χ4n) is 3.79. The van der Waals surface area contributed by atoms with Gasteiger partial charge in [-0.15, -0.1) is 11.3 Å². The third kappa shape index (κ3) is 5.48. The predicted molar refractivity (Wildman–Crippen MR) is 122 cm³/mol. The van der Waals surface area contributed by atoms with Crippen molar-refractivity contribution in [2.45, 2.75) is 31.5 Å². The van der Waals surface area contributed by atoms with Gasteiger partial charge in [0.05, 0.1) is 12.2 Å². The van der Waals surface area contributed by atoms with Crippen LogP contribution in [0.1, 0.15) is 29.1 Å². The minimum atomic E-state index is -1.05. The Balaban J connectivity index is 1.31. The molecule has 0 bridgehead atoms. The Labute approximate surface area is 190 Å². The zero-order valence-electron chi connectivity index (χ0n) is 17.9. The van der Waals surface area contributed by atoms with Crippen LogP contribution in [0, 0.1) is 5.82 Å². The average Bonchev–Trinajstić information content (AvgIpc) is 3.24. The number of nitrogens with zero attached hydrogens (tertiary/aromatic N) is 4. The first-order chi connectivity index (χ1) is 15.4. The topological polar surface area (TPSA) is 81.6 Å². The van der Waals surface area contributed by atoms with Gasteiger partial charge in [0.15, 0.2) is 0 Å². The number of urea groups is 1. The number of piperidine rings is 1. The van der Waals surface area contributed by atoms with Gasteiger partial charge in [0.1, 0.15) is 16.4 Å². The monoisotopic (exact) mass is 455 g/mol. The van der Waals surface area contributed by atoms with E-state index in [0.717, 1.165) is 17.1 Å². The van der Waals surface area contributed by atoms with Crippen LogP contribution in [0.3, 0.4) is 0 Å². The first-order valence-electron chi connectivity index (χ1n) is 10.5. The van der Waals surface area contributed by atoms with E-state index in [9.17, 15) is 14.3 Å². The lowest BCUT2D eigenvalue weighted by atomic mass is 9.89. The minimum Gasteiger partial charge on any atom is -0.383 e. The zero-order chi connectivity index (χ0) is 22.6. The maximum Gasteiger partial charge on any atom is 0.321 e. The van der Waals surface area contributed by atoms with E-state index in [4.69, 9.17) is 0 Å². The highest BCUT2D eigenvalue weighted by Crippen LogP contribution is 2.34. The summed E-state index contributed by atoms with van der Waals surface area (Å²) >= 11 is 1.53. The Morgan fingerprint density at radius 2 is 2.09 bits per heavy atom. The molecule has 1 aliphatic rings. The molecule has 2 aromatic heterocycles. The lowest BCUT2D eigenvalue weighted by Crippen LogP contribution is -2.46. The van der Waals surface area contributed by atoms with Gasteiger partial charge in [-0.25, -0.2) is 14.2 Å². The van der Waals surface area contributed by atoms with Gasteiger partial charge in [0.2, 0.25) is 0 Å². The number of thiazole rings is 1. The first-order valence-corrected chi connectivity index (χ1v) is 11.4. The van der Waals surface area contributed by atoms with Crippen molar-refractivity contribution in [3.8, 4) is 0 Å². The van der Waals surface area contributed by atoms with E-state index in [1.54, 1.807) is 23.2 Å². The summed E-state index contributed by atoms with van der Waals surface area (Å²) in [5.74, 6) is -0.402. The molecule has 2 amide bonds. The van der Waals surface area contributed by atoms with Crippen molar-refractivity contribution >= 4 is 23.1 Å². The summed E-state index contributed by atoms with van der Waals surface area (Å²) in [6.45, 7) is 2.23. The van der Waals surface area contributed by atoms with Gasteiger partial charge in [-0.05, 0) is 49.7 Å². The van der Waals surface area contributed by atoms with Gasteiger partial charge >= 0.3 is 6.03 Å². The molecule has 0 radical (unpaired) electrons. The Morgan fingerprint density at radius 1 is 1.28 bits per heavy atom. The lowest BCUT2D eigenvalue weighted by Gasteiger charge is -2.37. The molecule has 1 fully saturated rings. The Bertz CT molecular complexity index is 1050. The summed E-state index contributed by atoms with van der Waals surface area (Å²) in [6.07, 6.45) is 4.41. The zero-order valence-corrected chi connectivity index (χ0v) is 18.7. The summed E-state index contributed by atoms with van der Waals surface area (Å²) < 4.78 is 13.3. The third-order valence-electron chi connectivity index (χ3n) is 5.56. The summed E-state index contributed by atoms with van der Waals surface area (Å²) in [6, 6.07) is 9.46. The van der Waals surface area contributed by atoms with E-state index in [1.165, 1.54) is 23.5 Å². The van der Waals surface area contributed by atoms with Gasteiger partial charge in [-0.2, -0.15) is 0 Å². The molecule has 1 aromatic carbocycles. The SMILES string of the molecule is CN(Cc1cccnc1)Cc1nc(C2(O)CCN(C(=O)Nc3cccc(F)c3)CC2)cs1. The molecule has 0 atom stereocenters. The maximum atomic E-state index is 13.3. The highest BCUT2D eigenvalue weighted by molar-refractivity contribution is 7.09. The maximum absolute atomic E-state index is 13.3. The second-order valence-corrected chi connectivity index (χ2v) is 9.06. The van der Waals surface area contributed by atoms with Crippen LogP contribution < -0.4 is 5.32 Å². The number of nitrogens with one attached hydrogen (secondary N) is 1. The molecule has 7 nitrogen and oxygen atoms in total. The number of carbonyl (C=O) groups is 1. The second-order valence-electron chi connectivity index (χ2n) is 8.12. The number of benzene rings is 1. The molecule has 0 saturated carbocycles. The molecule has 3 aromatic rings. The molecule has 4 rings (SSSR count). The highest BCUT2D eigenvalue weighted by atomic mass is 32.1. The van der Waals surface area contributed by atoms with Crippen LogP contribution >= 0.6 is 11.3 Å². The summed E-state index contributed by atoms with van der Waals surface area (Å²) in [5, 5.41) is 16.7. The molecule has 0 unspecified atom stereocenters. The van der Waals surface area contributed by atoms with Gasteiger partial charge < -0.3 is 15.3 Å². The molecule has 9 heteroatoms. The Hall–Kier alpha value is -2.88. The number of aromatic nitrogens is 2. The third-order valence-corrected chi connectivity index (χ3v) is 6.40. The Kier molecular flexibility index (Phi) is 6.78. The second kappa shape index (κ2) is 9.72. The standard InChI is InChI=1S/C23H26FN5O2S/c1-28(14-17-4-3-9-25-13-17)15-21-27-20(16-32-21)23(31)7-10-29(11-8-23)22(30)26-19-6-2-5-18(24)12-19/h2-6,9,12-13,16,31H,7-8,10-11,14-15H2,1H3,(H,26,30). The van der Waals surface area contributed by atoms with Crippen molar-refractivity contribution in [2.75, 3.05) is 25.5 Å². The number of hydrogen-bond acceptors (Lipinski definition) is 6. The van der Waals surface area contributed by atoms with Crippen molar-refractivity contribution in [2.24, 2.45) is 0 Å². The molecule has 2 N–H and O–H groups in total. The first kappa shape index (κ1) is 22.3. The fourth-order valence-corrected chi connectivity index (χ4v) is 4.76. The molecular weight excluding hydrogens is 429 g/mol. The van der Waals surface area contributed by atoms with Crippen LogP contribution in [0.15, 0.2) is 54.2 Å². The van der Waals surface area contributed by atoms with Crippen LogP contribution in [0.2, 0.25) is 0 Å². The smallest absolute Gasteiger partial charge is 0.321 e. The number of anilines is 1. The summed E-state index contributed by atoms with van der Waals surface area (Å²) in [7, 11) is 2.03. The largest absolute Gasteiger partial charge is 0.383 e. The number of amides is 2. The van der Waals surface area contributed by atoms with Crippen molar-refractivity contribution in [1.82, 2.24) is 19.8 Å². The molecule has 168 valence electrons. The van der Waals surface area contributed by atoms with E-state index in [0.29, 0.717) is 43.9 Å². The molecule has 0 spiro atoms. The number of halogens is 1. The van der Waals surface area contributed by atoms with E-state index < -0.39 is 11.4 Å². The molecule has 1 aliphatic heterocycles. The van der Waals surface area contributed by atoms with Crippen molar-refractivity contribution in [1.29, 1.82) is 0 Å². The molecule has 3 heterocycles. The molecular formula is C23H26FN5O2S. The fraction of sp³-hybridized carbons (Fsp3) is 0.348. The van der Waals surface area contributed by atoms with Gasteiger partial charge in [-0.3, -0.25) is 9.88 Å². The van der Waals surface area contributed by atoms with Crippen LogP contribution in [0.4, 0.5) is 14.9 Å². The van der Waals surface area contributed by atoms with Crippen LogP contribution in [-0.2, 0) is 18.7 Å². The average molecular weight is 456 g/mol. The summed E-state index contributed by atoms with van der Waals surface area (Å²) in [5.41, 5.74) is 1.16. The van der Waals surface area contributed by atoms with E-state index in [-0.39, 0.29) is 6.03 Å². The van der Waals surface area contributed by atoms with Crippen molar-refractivity contribution < 1.29 is 14.3 Å². The van der Waals surface area contributed by atoms with Crippen LogP contribution in [-0.4, -0.2) is 51.0 Å². The van der Waals surface area contributed by atoms with Gasteiger partial charge in [0.25, 0.3) is 0 Å². The quantitative estimate of drug-likeness (QED) is 0.591. The van der Waals surface area contributed by atoms with Crippen LogP contribution in [0.25, 0.3) is 0 Å². The number of aliphatic hydroxyl groups is 1. The normalized spacial score (nSPS) is 15.7. The summed E-state index contributed by atoms with van der Waals surface area (Å²) in [4.78, 5) is 25.1. The molecule has 32 heavy (non-hydrogen) atoms. The number of pyridine rings is 1. The van der Waals surface area contributed by atoms with E-state index in [1.807, 2.05) is 30.8 Å². The number of hydrogen-bond donors (Lipinski definition) is 2. The number of carbonyl (C=O) groups excluding carboxylic acids is 1. The highest BCUT2D eigenvalue weighted by Gasteiger charge is 2.37. The van der Waals surface area contributed by atoms with Crippen LogP contribution in [0.5, 0.6) is 0 Å². The molecule has 0 aliphatic carbocycles. The number of rotatable bonds is 6. The predicted octanol–water partition coefficient (Wildman–Crippen LogP) is 3.82. The minimum absolute atomic E-state index is 0.298. The molecule has 1 saturated heterocycles. The van der Waals surface area contributed by atoms with E-state index in [2.05, 4.69) is 20.2 Å². The lowest BCUT2D eigenvalue weighted by molar-refractivity contribution is -0.0189. The van der Waals surface area contributed by atoms with Crippen molar-refractivity contribution in [3.63, 3.8) is 0 Å². The van der Waals surface area contributed by atoms with E-state index >= 15 is 0 Å².